The van der Waals surface area contributed by atoms with Crippen LogP contribution in [0, 0.1) is 0 Å². The lowest BCUT2D eigenvalue weighted by Gasteiger charge is -2.40. The van der Waals surface area contributed by atoms with Gasteiger partial charge in [-0.1, -0.05) is 47.1 Å². The van der Waals surface area contributed by atoms with Gasteiger partial charge in [-0.25, -0.2) is 9.59 Å². The second-order valence-electron chi connectivity index (χ2n) is 10.6. The molecule has 206 valence electrons. The normalized spacial score (nSPS) is 16.8. The average molecular weight is 589 g/mol. The van der Waals surface area contributed by atoms with Crippen LogP contribution in [-0.4, -0.2) is 52.2 Å². The third-order valence-electron chi connectivity index (χ3n) is 6.80. The van der Waals surface area contributed by atoms with E-state index in [1.807, 2.05) is 24.0 Å². The number of hydrogen-bond donors (Lipinski definition) is 2. The number of aliphatic carboxylic acids is 1. The molecule has 2 aromatic rings. The molecule has 0 spiro atoms. The van der Waals surface area contributed by atoms with Gasteiger partial charge in [-0.05, 0) is 88.3 Å². The zero-order chi connectivity index (χ0) is 28.0. The van der Waals surface area contributed by atoms with Crippen molar-refractivity contribution in [2.24, 2.45) is 5.73 Å². The summed E-state index contributed by atoms with van der Waals surface area (Å²) < 4.78 is 6.53. The fourth-order valence-electron chi connectivity index (χ4n) is 5.21. The van der Waals surface area contributed by atoms with Gasteiger partial charge in [0.05, 0.1) is 0 Å². The molecule has 2 aromatic carbocycles. The Morgan fingerprint density at radius 2 is 1.76 bits per heavy atom. The maximum Gasteiger partial charge on any atom is 0.329 e. The lowest BCUT2D eigenvalue weighted by atomic mass is 9.85. The van der Waals surface area contributed by atoms with Gasteiger partial charge in [0, 0.05) is 22.7 Å². The fourth-order valence-corrected chi connectivity index (χ4v) is 5.47. The Bertz CT molecular complexity index is 1130. The number of rotatable bonds is 10. The smallest absolute Gasteiger partial charge is 0.329 e. The zero-order valence-corrected chi connectivity index (χ0v) is 24.1. The molecule has 8 nitrogen and oxygen atoms in total. The molecule has 9 heteroatoms. The summed E-state index contributed by atoms with van der Waals surface area (Å²) in [5, 5.41) is 10.1. The quantitative estimate of drug-likeness (QED) is 0.346. The zero-order valence-electron chi connectivity index (χ0n) is 22.5. The van der Waals surface area contributed by atoms with Crippen LogP contribution in [0.3, 0.4) is 0 Å². The standard InChI is InChI=1S/C29H38BrN3O5/c1-5-23(26(34)35)32(24-12-8-10-19-9-6-7-11-22(19)24)18-17-25(27(36)38-29(2,3)4)33(28(31)37)21-15-13-20(30)14-16-21/h6-7,9,11,13-16,23-25H,5,8,10,12,17-18H2,1-4H3,(H2,31,37)(H,34,35)/t23?,24?,25-/m0/s1. The van der Waals surface area contributed by atoms with Crippen molar-refractivity contribution in [2.75, 3.05) is 11.4 Å². The molecule has 0 saturated carbocycles. The number of nitrogens with two attached hydrogens (primary N) is 1. The highest BCUT2D eigenvalue weighted by molar-refractivity contribution is 9.10. The van der Waals surface area contributed by atoms with Crippen molar-refractivity contribution in [3.8, 4) is 0 Å². The lowest BCUT2D eigenvalue weighted by Crippen LogP contribution is -2.52. The molecule has 2 amide bonds. The van der Waals surface area contributed by atoms with Gasteiger partial charge in [0.2, 0.25) is 0 Å². The van der Waals surface area contributed by atoms with Crippen LogP contribution in [0.15, 0.2) is 53.0 Å². The minimum Gasteiger partial charge on any atom is -0.480 e. The first-order valence-corrected chi connectivity index (χ1v) is 13.9. The molecule has 3 rings (SSSR count). The van der Waals surface area contributed by atoms with Crippen molar-refractivity contribution in [3.05, 3.63) is 64.1 Å². The van der Waals surface area contributed by atoms with Crippen molar-refractivity contribution >= 4 is 39.6 Å². The Morgan fingerprint density at radius 1 is 1.11 bits per heavy atom. The number of primary amides is 1. The van der Waals surface area contributed by atoms with Gasteiger partial charge in [0.25, 0.3) is 0 Å². The second kappa shape index (κ2) is 12.8. The van der Waals surface area contributed by atoms with Crippen LogP contribution >= 0.6 is 15.9 Å². The van der Waals surface area contributed by atoms with E-state index < -0.39 is 35.7 Å². The molecular weight excluding hydrogens is 550 g/mol. The van der Waals surface area contributed by atoms with Crippen LogP contribution in [-0.2, 0) is 20.7 Å². The van der Waals surface area contributed by atoms with E-state index in [-0.39, 0.29) is 19.0 Å². The Kier molecular flexibility index (Phi) is 9.95. The molecular formula is C29H38BrN3O5. The lowest BCUT2D eigenvalue weighted by molar-refractivity contribution is -0.156. The number of halogens is 1. The number of carbonyl (C=O) groups is 3. The molecule has 1 aliphatic carbocycles. The van der Waals surface area contributed by atoms with Crippen LogP contribution in [0.1, 0.15) is 70.5 Å². The van der Waals surface area contributed by atoms with Crippen molar-refractivity contribution < 1.29 is 24.2 Å². The number of carbonyl (C=O) groups excluding carboxylic acids is 2. The molecule has 0 bridgehead atoms. The van der Waals surface area contributed by atoms with Crippen molar-refractivity contribution in [2.45, 2.75) is 83.5 Å². The summed E-state index contributed by atoms with van der Waals surface area (Å²) in [6.45, 7) is 7.40. The number of anilines is 1. The summed E-state index contributed by atoms with van der Waals surface area (Å²) in [7, 11) is 0. The Hall–Kier alpha value is -2.91. The van der Waals surface area contributed by atoms with Gasteiger partial charge in [-0.15, -0.1) is 0 Å². The first-order valence-electron chi connectivity index (χ1n) is 13.1. The number of ether oxygens (including phenoxy) is 1. The number of aryl methyl sites for hydroxylation is 1. The highest BCUT2D eigenvalue weighted by Gasteiger charge is 2.38. The van der Waals surface area contributed by atoms with Crippen LogP contribution in [0.5, 0.6) is 0 Å². The number of carboxylic acids is 1. The maximum absolute atomic E-state index is 13.5. The average Bonchev–Trinajstić information content (AvgIpc) is 2.84. The minimum atomic E-state index is -1.04. The van der Waals surface area contributed by atoms with E-state index in [1.165, 1.54) is 10.5 Å². The summed E-state index contributed by atoms with van der Waals surface area (Å²) in [4.78, 5) is 41.8. The molecule has 0 aromatic heterocycles. The summed E-state index contributed by atoms with van der Waals surface area (Å²) in [6.07, 6.45) is 3.25. The molecule has 0 heterocycles. The minimum absolute atomic E-state index is 0.116. The number of fused-ring (bicyclic) bond motifs is 1. The number of esters is 1. The molecule has 0 aliphatic heterocycles. The largest absolute Gasteiger partial charge is 0.480 e. The number of amides is 2. The van der Waals surface area contributed by atoms with Crippen LogP contribution in [0.2, 0.25) is 0 Å². The van der Waals surface area contributed by atoms with Crippen LogP contribution in [0.4, 0.5) is 10.5 Å². The molecule has 3 atom stereocenters. The van der Waals surface area contributed by atoms with Crippen molar-refractivity contribution in [1.29, 1.82) is 0 Å². The SMILES string of the molecule is CCC(C(=O)O)N(CC[C@@H](C(=O)OC(C)(C)C)N(C(N)=O)c1ccc(Br)cc1)C1CCCc2ccccc21. The Balaban J connectivity index is 2.01. The van der Waals surface area contributed by atoms with Crippen molar-refractivity contribution in [1.82, 2.24) is 4.90 Å². The van der Waals surface area contributed by atoms with Crippen LogP contribution in [0.25, 0.3) is 0 Å². The molecule has 2 unspecified atom stereocenters. The molecule has 0 radical (unpaired) electrons. The number of nitrogens with zero attached hydrogens (tertiary/aromatic N) is 2. The first-order chi connectivity index (χ1) is 17.9. The summed E-state index contributed by atoms with van der Waals surface area (Å²) in [5.74, 6) is -1.50. The van der Waals surface area contributed by atoms with Crippen LogP contribution < -0.4 is 10.6 Å². The van der Waals surface area contributed by atoms with Gasteiger partial charge >= 0.3 is 18.0 Å². The van der Waals surface area contributed by atoms with Gasteiger partial charge in [-0.3, -0.25) is 14.6 Å². The number of benzene rings is 2. The monoisotopic (exact) mass is 587 g/mol. The molecule has 0 fully saturated rings. The van der Waals surface area contributed by atoms with E-state index in [1.54, 1.807) is 45.0 Å². The highest BCUT2D eigenvalue weighted by Crippen LogP contribution is 2.36. The van der Waals surface area contributed by atoms with Gasteiger partial charge < -0.3 is 15.6 Å². The summed E-state index contributed by atoms with van der Waals surface area (Å²) in [5.41, 5.74) is 7.82. The van der Waals surface area contributed by atoms with E-state index in [0.717, 1.165) is 29.3 Å². The van der Waals surface area contributed by atoms with Gasteiger partial charge in [0.1, 0.15) is 17.7 Å². The third-order valence-corrected chi connectivity index (χ3v) is 7.33. The van der Waals surface area contributed by atoms with Gasteiger partial charge in [0.15, 0.2) is 0 Å². The number of urea groups is 1. The predicted molar refractivity (Wildman–Crippen MR) is 151 cm³/mol. The molecule has 38 heavy (non-hydrogen) atoms. The maximum atomic E-state index is 13.5. The Labute approximate surface area is 233 Å². The Morgan fingerprint density at radius 3 is 2.34 bits per heavy atom. The van der Waals surface area contributed by atoms with Gasteiger partial charge in [-0.2, -0.15) is 0 Å². The molecule has 3 N–H and O–H groups in total. The summed E-state index contributed by atoms with van der Waals surface area (Å²) in [6, 6.07) is 12.4. The summed E-state index contributed by atoms with van der Waals surface area (Å²) >= 11 is 3.39. The topological polar surface area (TPSA) is 113 Å². The third kappa shape index (κ3) is 7.35. The van der Waals surface area contributed by atoms with E-state index in [9.17, 15) is 19.5 Å². The molecule has 0 saturated heterocycles. The molecule has 1 aliphatic rings. The van der Waals surface area contributed by atoms with E-state index in [2.05, 4.69) is 28.1 Å². The van der Waals surface area contributed by atoms with E-state index in [4.69, 9.17) is 10.5 Å². The number of hydrogen-bond acceptors (Lipinski definition) is 5. The fraction of sp³-hybridized carbons (Fsp3) is 0.483. The highest BCUT2D eigenvalue weighted by atomic mass is 79.9. The second-order valence-corrected chi connectivity index (χ2v) is 11.5. The number of carboxylic acid groups (broad SMARTS) is 1. The van der Waals surface area contributed by atoms with E-state index >= 15 is 0 Å². The van der Waals surface area contributed by atoms with E-state index in [0.29, 0.717) is 12.1 Å². The predicted octanol–water partition coefficient (Wildman–Crippen LogP) is 5.68. The first kappa shape index (κ1) is 29.6. The van der Waals surface area contributed by atoms with Crippen molar-refractivity contribution in [3.63, 3.8) is 0 Å².